The average molecular weight is 298 g/mol. The summed E-state index contributed by atoms with van der Waals surface area (Å²) in [4.78, 5) is 22.2. The SMILES string of the molecule is C=C(COC(CCCC)(CCCC)C(=C)C(=O)O)C(=O)O. The quantitative estimate of drug-likeness (QED) is 0.539. The van der Waals surface area contributed by atoms with Gasteiger partial charge in [-0.3, -0.25) is 0 Å². The fraction of sp³-hybridized carbons (Fsp3) is 0.625. The lowest BCUT2D eigenvalue weighted by Crippen LogP contribution is -2.39. The van der Waals surface area contributed by atoms with Crippen LogP contribution in [0, 0.1) is 0 Å². The van der Waals surface area contributed by atoms with Crippen LogP contribution in [0.3, 0.4) is 0 Å². The summed E-state index contributed by atoms with van der Waals surface area (Å²) < 4.78 is 5.72. The van der Waals surface area contributed by atoms with Crippen LogP contribution in [-0.4, -0.2) is 34.4 Å². The molecule has 5 nitrogen and oxygen atoms in total. The third-order valence-corrected chi connectivity index (χ3v) is 3.50. The molecule has 0 aliphatic heterocycles. The fourth-order valence-corrected chi connectivity index (χ4v) is 2.06. The zero-order chi connectivity index (χ0) is 16.5. The van der Waals surface area contributed by atoms with Crippen LogP contribution in [0.2, 0.25) is 0 Å². The average Bonchev–Trinajstić information content (AvgIpc) is 2.45. The molecular weight excluding hydrogens is 272 g/mol. The van der Waals surface area contributed by atoms with Crippen LogP contribution in [0.5, 0.6) is 0 Å². The van der Waals surface area contributed by atoms with Crippen molar-refractivity contribution in [2.45, 2.75) is 58.0 Å². The molecule has 21 heavy (non-hydrogen) atoms. The van der Waals surface area contributed by atoms with Gasteiger partial charge in [-0.05, 0) is 12.8 Å². The summed E-state index contributed by atoms with van der Waals surface area (Å²) in [6.45, 7) is 10.9. The van der Waals surface area contributed by atoms with Crippen LogP contribution in [0.4, 0.5) is 0 Å². The fourth-order valence-electron chi connectivity index (χ4n) is 2.06. The molecule has 0 aromatic heterocycles. The maximum Gasteiger partial charge on any atom is 0.333 e. The zero-order valence-electron chi connectivity index (χ0n) is 13.0. The van der Waals surface area contributed by atoms with Gasteiger partial charge in [0.25, 0.3) is 0 Å². The summed E-state index contributed by atoms with van der Waals surface area (Å²) in [5.74, 6) is -2.25. The topological polar surface area (TPSA) is 83.8 Å². The number of unbranched alkanes of at least 4 members (excludes halogenated alkanes) is 2. The molecule has 0 radical (unpaired) electrons. The first-order chi connectivity index (χ1) is 9.80. The number of ether oxygens (including phenoxy) is 1. The third kappa shape index (κ3) is 6.12. The monoisotopic (exact) mass is 298 g/mol. The minimum Gasteiger partial charge on any atom is -0.478 e. The molecule has 0 aliphatic carbocycles. The number of carboxylic acid groups (broad SMARTS) is 2. The number of hydrogen-bond acceptors (Lipinski definition) is 3. The molecule has 120 valence electrons. The van der Waals surface area contributed by atoms with Crippen molar-refractivity contribution < 1.29 is 24.5 Å². The van der Waals surface area contributed by atoms with Gasteiger partial charge in [0, 0.05) is 0 Å². The second kappa shape index (κ2) is 9.34. The molecule has 0 saturated carbocycles. The van der Waals surface area contributed by atoms with E-state index in [0.717, 1.165) is 25.7 Å². The Bertz CT molecular complexity index is 389. The Morgan fingerprint density at radius 1 is 1.00 bits per heavy atom. The molecule has 0 aromatic carbocycles. The second-order valence-corrected chi connectivity index (χ2v) is 5.18. The van der Waals surface area contributed by atoms with Gasteiger partial charge in [0.2, 0.25) is 0 Å². The van der Waals surface area contributed by atoms with Gasteiger partial charge in [-0.2, -0.15) is 0 Å². The molecule has 0 aromatic rings. The lowest BCUT2D eigenvalue weighted by Gasteiger charge is -2.34. The van der Waals surface area contributed by atoms with Gasteiger partial charge in [-0.15, -0.1) is 0 Å². The number of hydrogen-bond donors (Lipinski definition) is 2. The van der Waals surface area contributed by atoms with Crippen LogP contribution in [0.25, 0.3) is 0 Å². The van der Waals surface area contributed by atoms with Gasteiger partial charge >= 0.3 is 11.9 Å². The van der Waals surface area contributed by atoms with Gasteiger partial charge in [0.1, 0.15) is 5.60 Å². The van der Waals surface area contributed by atoms with Crippen molar-refractivity contribution in [1.82, 2.24) is 0 Å². The predicted octanol–water partition coefficient (Wildman–Crippen LogP) is 3.40. The Hall–Kier alpha value is -1.62. The standard InChI is InChI=1S/C16H26O5/c1-5-7-9-16(10-8-6-2,13(4)15(19)20)21-11-12(3)14(17)18/h3-11H2,1-2H3,(H,17,18)(H,19,20). The van der Waals surface area contributed by atoms with Crippen molar-refractivity contribution in [2.24, 2.45) is 0 Å². The van der Waals surface area contributed by atoms with E-state index in [4.69, 9.17) is 9.84 Å². The molecule has 0 fully saturated rings. The van der Waals surface area contributed by atoms with Crippen molar-refractivity contribution in [3.8, 4) is 0 Å². The van der Waals surface area contributed by atoms with Gasteiger partial charge in [-0.1, -0.05) is 52.7 Å². The summed E-state index contributed by atoms with van der Waals surface area (Å²) in [6, 6.07) is 0. The van der Waals surface area contributed by atoms with Crippen LogP contribution in [-0.2, 0) is 14.3 Å². The van der Waals surface area contributed by atoms with Crippen molar-refractivity contribution in [3.63, 3.8) is 0 Å². The molecule has 0 atom stereocenters. The van der Waals surface area contributed by atoms with E-state index in [2.05, 4.69) is 13.2 Å². The molecular formula is C16H26O5. The Balaban J connectivity index is 5.22. The van der Waals surface area contributed by atoms with Crippen LogP contribution < -0.4 is 0 Å². The molecule has 0 bridgehead atoms. The van der Waals surface area contributed by atoms with Crippen molar-refractivity contribution in [2.75, 3.05) is 6.61 Å². The number of carboxylic acids is 2. The smallest absolute Gasteiger partial charge is 0.333 e. The molecule has 0 heterocycles. The highest BCUT2D eigenvalue weighted by Gasteiger charge is 2.37. The lowest BCUT2D eigenvalue weighted by atomic mass is 9.84. The Labute approximate surface area is 126 Å². The predicted molar refractivity (Wildman–Crippen MR) is 81.3 cm³/mol. The van der Waals surface area contributed by atoms with Crippen LogP contribution in [0.15, 0.2) is 24.3 Å². The van der Waals surface area contributed by atoms with E-state index in [1.54, 1.807) is 0 Å². The summed E-state index contributed by atoms with van der Waals surface area (Å²) in [7, 11) is 0. The summed E-state index contributed by atoms with van der Waals surface area (Å²) in [5, 5.41) is 18.1. The van der Waals surface area contributed by atoms with Gasteiger partial charge in [-0.25, -0.2) is 9.59 Å². The van der Waals surface area contributed by atoms with E-state index in [9.17, 15) is 14.7 Å². The summed E-state index contributed by atoms with van der Waals surface area (Å²) in [5.41, 5.74) is -1.12. The van der Waals surface area contributed by atoms with Crippen molar-refractivity contribution in [1.29, 1.82) is 0 Å². The third-order valence-electron chi connectivity index (χ3n) is 3.50. The highest BCUT2D eigenvalue weighted by atomic mass is 16.5. The molecule has 0 amide bonds. The Morgan fingerprint density at radius 2 is 1.48 bits per heavy atom. The van der Waals surface area contributed by atoms with Gasteiger partial charge < -0.3 is 14.9 Å². The molecule has 0 saturated heterocycles. The molecule has 0 rings (SSSR count). The highest BCUT2D eigenvalue weighted by molar-refractivity contribution is 5.88. The van der Waals surface area contributed by atoms with E-state index in [-0.39, 0.29) is 17.8 Å². The second-order valence-electron chi connectivity index (χ2n) is 5.18. The summed E-state index contributed by atoms with van der Waals surface area (Å²) in [6.07, 6.45) is 4.39. The molecule has 0 unspecified atom stereocenters. The Kier molecular flexibility index (Phi) is 8.62. The van der Waals surface area contributed by atoms with E-state index < -0.39 is 17.5 Å². The maximum absolute atomic E-state index is 11.3. The number of carbonyl (C=O) groups is 2. The molecule has 5 heteroatoms. The van der Waals surface area contributed by atoms with E-state index >= 15 is 0 Å². The maximum atomic E-state index is 11.3. The normalized spacial score (nSPS) is 11.1. The van der Waals surface area contributed by atoms with Crippen LogP contribution >= 0.6 is 0 Å². The lowest BCUT2D eigenvalue weighted by molar-refractivity contribution is -0.137. The van der Waals surface area contributed by atoms with Crippen molar-refractivity contribution in [3.05, 3.63) is 24.3 Å². The first-order valence-electron chi connectivity index (χ1n) is 7.28. The highest BCUT2D eigenvalue weighted by Crippen LogP contribution is 2.33. The summed E-state index contributed by atoms with van der Waals surface area (Å²) >= 11 is 0. The van der Waals surface area contributed by atoms with Gasteiger partial charge in [0.15, 0.2) is 0 Å². The number of rotatable bonds is 12. The van der Waals surface area contributed by atoms with E-state index in [1.165, 1.54) is 0 Å². The minimum atomic E-state index is -1.14. The zero-order valence-corrected chi connectivity index (χ0v) is 13.0. The van der Waals surface area contributed by atoms with Gasteiger partial charge in [0.05, 0.1) is 17.8 Å². The van der Waals surface area contributed by atoms with Crippen molar-refractivity contribution >= 4 is 11.9 Å². The first-order valence-corrected chi connectivity index (χ1v) is 7.28. The van der Waals surface area contributed by atoms with E-state index in [1.807, 2.05) is 13.8 Å². The first kappa shape index (κ1) is 19.4. The molecule has 0 aliphatic rings. The minimum absolute atomic E-state index is 0.0115. The number of aliphatic carboxylic acids is 2. The molecule has 2 N–H and O–H groups in total. The largest absolute Gasteiger partial charge is 0.478 e. The van der Waals surface area contributed by atoms with E-state index in [0.29, 0.717) is 12.8 Å². The molecule has 0 spiro atoms. The Morgan fingerprint density at radius 3 is 1.81 bits per heavy atom. The van der Waals surface area contributed by atoms with Crippen LogP contribution in [0.1, 0.15) is 52.4 Å².